The molecule has 0 aliphatic heterocycles. The number of aliphatic imine (C=N–C) groups is 1. The van der Waals surface area contributed by atoms with Crippen molar-refractivity contribution in [2.24, 2.45) is 4.99 Å². The third-order valence-corrected chi connectivity index (χ3v) is 5.55. The Hall–Kier alpha value is -1.94. The molecular weight excluding hydrogens is 495 g/mol. The van der Waals surface area contributed by atoms with Crippen LogP contribution in [0.5, 0.6) is 0 Å². The number of para-hydroxylation sites is 1. The lowest BCUT2D eigenvalue weighted by Gasteiger charge is -2.12. The predicted molar refractivity (Wildman–Crippen MR) is 132 cm³/mol. The van der Waals surface area contributed by atoms with Crippen LogP contribution in [0, 0.1) is 20.8 Å². The maximum Gasteiger partial charge on any atom is 0.191 e. The number of nitrogens with zero attached hydrogens (tertiary/aromatic N) is 4. The molecule has 0 saturated carbocycles. The Morgan fingerprint density at radius 2 is 1.93 bits per heavy atom. The van der Waals surface area contributed by atoms with Crippen molar-refractivity contribution in [1.29, 1.82) is 0 Å². The van der Waals surface area contributed by atoms with Crippen LogP contribution in [-0.4, -0.2) is 33.8 Å². The second-order valence-corrected chi connectivity index (χ2v) is 7.94. The SMILES string of the molecule is CCNC(=NCc1ccccc1-n1ccc(C)n1)NCCc1nc(C)c(C)s1.I. The smallest absolute Gasteiger partial charge is 0.191 e. The molecule has 0 bridgehead atoms. The highest BCUT2D eigenvalue weighted by Crippen LogP contribution is 2.17. The Balaban J connectivity index is 0.00000300. The standard InChI is InChI=1S/C21H28N6S.HI/c1-5-22-21(23-12-10-20-25-16(3)17(4)28-20)24-14-18-8-6-7-9-19(18)27-13-11-15(2)26-27;/h6-9,11,13H,5,10,12,14H2,1-4H3,(H2,22,23,24);1H. The van der Waals surface area contributed by atoms with Crippen LogP contribution in [0.25, 0.3) is 5.69 Å². The first-order valence-corrected chi connectivity index (χ1v) is 10.4. The van der Waals surface area contributed by atoms with Gasteiger partial charge in [0.05, 0.1) is 28.6 Å². The molecule has 2 heterocycles. The molecule has 0 aliphatic carbocycles. The van der Waals surface area contributed by atoms with Crippen molar-refractivity contribution in [1.82, 2.24) is 25.4 Å². The van der Waals surface area contributed by atoms with Gasteiger partial charge in [0, 0.05) is 30.6 Å². The van der Waals surface area contributed by atoms with Crippen LogP contribution < -0.4 is 10.6 Å². The maximum absolute atomic E-state index is 4.77. The summed E-state index contributed by atoms with van der Waals surface area (Å²) >= 11 is 1.77. The highest BCUT2D eigenvalue weighted by Gasteiger charge is 2.07. The van der Waals surface area contributed by atoms with Crippen molar-refractivity contribution in [2.75, 3.05) is 13.1 Å². The second-order valence-electron chi connectivity index (χ2n) is 6.65. The van der Waals surface area contributed by atoms with E-state index >= 15 is 0 Å². The summed E-state index contributed by atoms with van der Waals surface area (Å²) < 4.78 is 1.91. The Labute approximate surface area is 193 Å². The zero-order valence-corrected chi connectivity index (χ0v) is 20.5. The van der Waals surface area contributed by atoms with E-state index in [1.54, 1.807) is 11.3 Å². The highest BCUT2D eigenvalue weighted by atomic mass is 127. The number of halogens is 1. The predicted octanol–water partition coefficient (Wildman–Crippen LogP) is 4.17. The van der Waals surface area contributed by atoms with Gasteiger partial charge in [-0.15, -0.1) is 35.3 Å². The van der Waals surface area contributed by atoms with Crippen molar-refractivity contribution in [2.45, 2.75) is 40.7 Å². The summed E-state index contributed by atoms with van der Waals surface area (Å²) in [4.78, 5) is 10.7. The summed E-state index contributed by atoms with van der Waals surface area (Å²) in [6.07, 6.45) is 2.88. The molecule has 6 nitrogen and oxygen atoms in total. The molecule has 8 heteroatoms. The van der Waals surface area contributed by atoms with Gasteiger partial charge in [-0.25, -0.2) is 14.7 Å². The molecule has 0 saturated heterocycles. The number of thiazole rings is 1. The van der Waals surface area contributed by atoms with Crippen molar-refractivity contribution >= 4 is 41.3 Å². The monoisotopic (exact) mass is 524 g/mol. The van der Waals surface area contributed by atoms with Crippen molar-refractivity contribution in [3.05, 3.63) is 63.4 Å². The third kappa shape index (κ3) is 6.53. The summed E-state index contributed by atoms with van der Waals surface area (Å²) in [5.41, 5.74) is 4.32. The molecule has 156 valence electrons. The number of aromatic nitrogens is 3. The third-order valence-electron chi connectivity index (χ3n) is 4.42. The topological polar surface area (TPSA) is 67.1 Å². The van der Waals surface area contributed by atoms with E-state index < -0.39 is 0 Å². The maximum atomic E-state index is 4.77. The normalized spacial score (nSPS) is 11.2. The molecule has 3 rings (SSSR count). The van der Waals surface area contributed by atoms with Crippen molar-refractivity contribution in [3.8, 4) is 5.69 Å². The number of hydrogen-bond acceptors (Lipinski definition) is 4. The Morgan fingerprint density at radius 1 is 1.14 bits per heavy atom. The quantitative estimate of drug-likeness (QED) is 0.277. The van der Waals surface area contributed by atoms with Gasteiger partial charge in [0.2, 0.25) is 0 Å². The zero-order valence-electron chi connectivity index (χ0n) is 17.4. The summed E-state index contributed by atoms with van der Waals surface area (Å²) in [6, 6.07) is 10.2. The van der Waals surface area contributed by atoms with E-state index in [1.807, 2.05) is 36.0 Å². The van der Waals surface area contributed by atoms with E-state index in [0.717, 1.165) is 53.1 Å². The number of guanidine groups is 1. The molecule has 29 heavy (non-hydrogen) atoms. The molecule has 0 fully saturated rings. The average Bonchev–Trinajstić information content (AvgIpc) is 3.25. The molecule has 0 spiro atoms. The number of benzene rings is 1. The van der Waals surface area contributed by atoms with Crippen LogP contribution in [0.4, 0.5) is 0 Å². The molecule has 0 unspecified atom stereocenters. The molecule has 0 atom stereocenters. The first-order chi connectivity index (χ1) is 13.6. The van der Waals surface area contributed by atoms with Crippen LogP contribution in [-0.2, 0) is 13.0 Å². The van der Waals surface area contributed by atoms with Crippen molar-refractivity contribution < 1.29 is 0 Å². The Bertz CT molecular complexity index is 927. The summed E-state index contributed by atoms with van der Waals surface area (Å²) in [5, 5.41) is 12.4. The summed E-state index contributed by atoms with van der Waals surface area (Å²) in [6.45, 7) is 10.5. The van der Waals surface area contributed by atoms with Gasteiger partial charge in [-0.05, 0) is 45.4 Å². The molecule has 2 aromatic heterocycles. The van der Waals surface area contributed by atoms with Gasteiger partial charge in [0.1, 0.15) is 0 Å². The largest absolute Gasteiger partial charge is 0.357 e. The van der Waals surface area contributed by atoms with Crippen molar-refractivity contribution in [3.63, 3.8) is 0 Å². The zero-order chi connectivity index (χ0) is 19.9. The van der Waals surface area contributed by atoms with Gasteiger partial charge in [0.25, 0.3) is 0 Å². The summed E-state index contributed by atoms with van der Waals surface area (Å²) in [7, 11) is 0. The lowest BCUT2D eigenvalue weighted by molar-refractivity contribution is 0.791. The molecule has 3 aromatic rings. The van der Waals surface area contributed by atoms with Crippen LogP contribution >= 0.6 is 35.3 Å². The minimum absolute atomic E-state index is 0. The van der Waals surface area contributed by atoms with E-state index in [1.165, 1.54) is 4.88 Å². The van der Waals surface area contributed by atoms with E-state index in [-0.39, 0.29) is 24.0 Å². The Morgan fingerprint density at radius 3 is 2.59 bits per heavy atom. The average molecular weight is 524 g/mol. The fourth-order valence-electron chi connectivity index (χ4n) is 2.86. The van der Waals surface area contributed by atoms with E-state index in [0.29, 0.717) is 6.54 Å². The Kier molecular flexibility index (Phi) is 9.09. The van der Waals surface area contributed by atoms with E-state index in [4.69, 9.17) is 4.99 Å². The van der Waals surface area contributed by atoms with E-state index in [2.05, 4.69) is 53.6 Å². The lowest BCUT2D eigenvalue weighted by Crippen LogP contribution is -2.38. The van der Waals surface area contributed by atoms with Gasteiger partial charge in [-0.3, -0.25) is 0 Å². The van der Waals surface area contributed by atoms with Crippen LogP contribution in [0.1, 0.15) is 33.8 Å². The fourth-order valence-corrected chi connectivity index (χ4v) is 3.79. The minimum Gasteiger partial charge on any atom is -0.357 e. The first-order valence-electron chi connectivity index (χ1n) is 9.62. The highest BCUT2D eigenvalue weighted by molar-refractivity contribution is 14.0. The van der Waals surface area contributed by atoms with Crippen LogP contribution in [0.2, 0.25) is 0 Å². The van der Waals surface area contributed by atoms with E-state index in [9.17, 15) is 0 Å². The lowest BCUT2D eigenvalue weighted by atomic mass is 10.2. The molecule has 1 aromatic carbocycles. The molecule has 2 N–H and O–H groups in total. The first kappa shape index (κ1) is 23.3. The molecule has 0 radical (unpaired) electrons. The van der Waals surface area contributed by atoms with Gasteiger partial charge >= 0.3 is 0 Å². The number of nitrogens with one attached hydrogen (secondary N) is 2. The second kappa shape index (κ2) is 11.3. The van der Waals surface area contributed by atoms with Gasteiger partial charge in [0.15, 0.2) is 5.96 Å². The minimum atomic E-state index is 0. The van der Waals surface area contributed by atoms with Gasteiger partial charge < -0.3 is 10.6 Å². The molecule has 0 amide bonds. The van der Waals surface area contributed by atoms with Gasteiger partial charge in [-0.2, -0.15) is 5.10 Å². The molecular formula is C21H29IN6S. The number of aryl methyl sites for hydroxylation is 3. The molecule has 0 aliphatic rings. The fraction of sp³-hybridized carbons (Fsp3) is 0.381. The number of hydrogen-bond donors (Lipinski definition) is 2. The summed E-state index contributed by atoms with van der Waals surface area (Å²) in [5.74, 6) is 0.818. The van der Waals surface area contributed by atoms with Crippen LogP contribution in [0.15, 0.2) is 41.5 Å². The van der Waals surface area contributed by atoms with Crippen LogP contribution in [0.3, 0.4) is 0 Å². The number of rotatable bonds is 7. The van der Waals surface area contributed by atoms with Gasteiger partial charge in [-0.1, -0.05) is 18.2 Å².